The summed E-state index contributed by atoms with van der Waals surface area (Å²) in [4.78, 5) is 52.9. The van der Waals surface area contributed by atoms with Crippen molar-refractivity contribution in [2.75, 3.05) is 16.8 Å². The minimum atomic E-state index is -0.880. The molecule has 0 unspecified atom stereocenters. The van der Waals surface area contributed by atoms with Gasteiger partial charge < -0.3 is 14.8 Å². The molecule has 4 aromatic carbocycles. The van der Waals surface area contributed by atoms with Crippen molar-refractivity contribution in [3.63, 3.8) is 0 Å². The van der Waals surface area contributed by atoms with Crippen LogP contribution in [0.3, 0.4) is 0 Å². The fourth-order valence-electron chi connectivity index (χ4n) is 4.53. The summed E-state index contributed by atoms with van der Waals surface area (Å²) >= 11 is 6.86. The Bertz CT molecular complexity index is 1820. The quantitative estimate of drug-likeness (QED) is 0.140. The molecule has 45 heavy (non-hydrogen) atoms. The lowest BCUT2D eigenvalue weighted by atomic mass is 10.1. The van der Waals surface area contributed by atoms with Gasteiger partial charge in [0.05, 0.1) is 10.2 Å². The van der Waals surface area contributed by atoms with Crippen LogP contribution in [0.1, 0.15) is 22.3 Å². The van der Waals surface area contributed by atoms with E-state index < -0.39 is 23.8 Å². The van der Waals surface area contributed by atoms with E-state index in [4.69, 9.17) is 9.47 Å². The van der Waals surface area contributed by atoms with Crippen LogP contribution in [0, 0.1) is 13.8 Å². The molecule has 11 heteroatoms. The fraction of sp³-hybridized carbons (Fsp3) is 0.118. The maximum Gasteiger partial charge on any atom is 0.335 e. The Hall–Kier alpha value is -4.74. The third-order valence-corrected chi connectivity index (χ3v) is 8.06. The van der Waals surface area contributed by atoms with Crippen LogP contribution in [0.2, 0.25) is 0 Å². The standard InChI is InChI=1S/C34H27Br2N3O6/c1-20-7-6-10-29(21(20)2)37-30(40)19-45-31-23(15-24(35)17-28(31)36)16-27-32(41)38-34(43)39(33(27)42)25-11-13-26(14-12-25)44-18-22-8-4-3-5-9-22/h3-17H,18-19H2,1-2H3,(H,37,40)(H,38,41,43)/b27-16-. The van der Waals surface area contributed by atoms with Gasteiger partial charge in [-0.2, -0.15) is 0 Å². The zero-order valence-electron chi connectivity index (χ0n) is 24.2. The monoisotopic (exact) mass is 731 g/mol. The molecular formula is C34H27Br2N3O6. The number of hydrogen-bond donors (Lipinski definition) is 2. The fourth-order valence-corrected chi connectivity index (χ4v) is 5.90. The highest BCUT2D eigenvalue weighted by atomic mass is 79.9. The summed E-state index contributed by atoms with van der Waals surface area (Å²) in [6.45, 7) is 3.88. The number of nitrogens with one attached hydrogen (secondary N) is 2. The Balaban J connectivity index is 1.35. The predicted molar refractivity (Wildman–Crippen MR) is 178 cm³/mol. The minimum absolute atomic E-state index is 0.228. The molecule has 2 N–H and O–H groups in total. The van der Waals surface area contributed by atoms with Gasteiger partial charge in [0.25, 0.3) is 17.7 Å². The maximum atomic E-state index is 13.6. The number of rotatable bonds is 9. The Labute approximate surface area is 276 Å². The van der Waals surface area contributed by atoms with Crippen molar-refractivity contribution in [3.05, 3.63) is 122 Å². The number of nitrogens with zero attached hydrogens (tertiary/aromatic N) is 1. The van der Waals surface area contributed by atoms with E-state index in [0.29, 0.717) is 32.6 Å². The Morgan fingerprint density at radius 1 is 0.911 bits per heavy atom. The molecule has 0 saturated carbocycles. The number of halogens is 2. The molecule has 1 fully saturated rings. The molecule has 0 bridgehead atoms. The minimum Gasteiger partial charge on any atom is -0.489 e. The second-order valence-electron chi connectivity index (χ2n) is 10.1. The van der Waals surface area contributed by atoms with Gasteiger partial charge in [0.1, 0.15) is 23.7 Å². The number of anilines is 2. The summed E-state index contributed by atoms with van der Waals surface area (Å²) in [7, 11) is 0. The first-order valence-electron chi connectivity index (χ1n) is 13.8. The SMILES string of the molecule is Cc1cccc(NC(=O)COc2c(Br)cc(Br)cc2/C=C2/C(=O)NC(=O)N(c3ccc(OCc4ccccc4)cc3)C2=O)c1C. The molecule has 0 aromatic heterocycles. The van der Waals surface area contributed by atoms with Gasteiger partial charge in [-0.3, -0.25) is 19.7 Å². The molecule has 5 amide bonds. The summed E-state index contributed by atoms with van der Waals surface area (Å²) in [5.41, 5.74) is 3.92. The number of hydrogen-bond acceptors (Lipinski definition) is 6. The third kappa shape index (κ3) is 7.50. The van der Waals surface area contributed by atoms with Crippen LogP contribution in [-0.4, -0.2) is 30.4 Å². The largest absolute Gasteiger partial charge is 0.489 e. The Morgan fingerprint density at radius 3 is 2.38 bits per heavy atom. The van der Waals surface area contributed by atoms with E-state index in [-0.39, 0.29) is 23.6 Å². The molecule has 1 heterocycles. The molecule has 1 aliphatic heterocycles. The zero-order chi connectivity index (χ0) is 32.1. The smallest absolute Gasteiger partial charge is 0.335 e. The molecule has 0 atom stereocenters. The Morgan fingerprint density at radius 2 is 1.64 bits per heavy atom. The van der Waals surface area contributed by atoms with Gasteiger partial charge in [-0.25, -0.2) is 9.69 Å². The van der Waals surface area contributed by atoms with E-state index in [1.54, 1.807) is 42.5 Å². The lowest BCUT2D eigenvalue weighted by molar-refractivity contribution is -0.122. The van der Waals surface area contributed by atoms with Crippen molar-refractivity contribution in [3.8, 4) is 11.5 Å². The van der Waals surface area contributed by atoms with E-state index in [1.165, 1.54) is 6.08 Å². The van der Waals surface area contributed by atoms with E-state index >= 15 is 0 Å². The normalized spacial score (nSPS) is 13.9. The van der Waals surface area contributed by atoms with Crippen LogP contribution in [0.4, 0.5) is 16.2 Å². The van der Waals surface area contributed by atoms with Gasteiger partial charge in [0.15, 0.2) is 6.61 Å². The molecule has 1 saturated heterocycles. The van der Waals surface area contributed by atoms with Crippen molar-refractivity contribution in [2.24, 2.45) is 0 Å². The first kappa shape index (κ1) is 31.7. The summed E-state index contributed by atoms with van der Waals surface area (Å²) in [6.07, 6.45) is 1.32. The average Bonchev–Trinajstić information content (AvgIpc) is 3.01. The third-order valence-electron chi connectivity index (χ3n) is 7.01. The van der Waals surface area contributed by atoms with Crippen LogP contribution in [-0.2, 0) is 21.0 Å². The Kier molecular flexibility index (Phi) is 9.80. The number of carbonyl (C=O) groups is 4. The maximum absolute atomic E-state index is 13.6. The number of urea groups is 1. The van der Waals surface area contributed by atoms with Gasteiger partial charge in [-0.15, -0.1) is 0 Å². The molecule has 1 aliphatic rings. The highest BCUT2D eigenvalue weighted by molar-refractivity contribution is 9.11. The first-order chi connectivity index (χ1) is 21.6. The highest BCUT2D eigenvalue weighted by Crippen LogP contribution is 2.35. The van der Waals surface area contributed by atoms with E-state index in [0.717, 1.165) is 21.6 Å². The van der Waals surface area contributed by atoms with E-state index in [1.807, 2.05) is 56.3 Å². The predicted octanol–water partition coefficient (Wildman–Crippen LogP) is 7.09. The van der Waals surface area contributed by atoms with Crippen LogP contribution >= 0.6 is 31.9 Å². The summed E-state index contributed by atoms with van der Waals surface area (Å²) in [6, 6.07) is 24.1. The molecule has 5 rings (SSSR count). The number of amides is 5. The summed E-state index contributed by atoms with van der Waals surface area (Å²) in [5.74, 6) is -1.31. The van der Waals surface area contributed by atoms with Crippen LogP contribution in [0.25, 0.3) is 6.08 Å². The molecule has 0 radical (unpaired) electrons. The van der Waals surface area contributed by atoms with Gasteiger partial charge in [-0.1, -0.05) is 58.4 Å². The molecule has 4 aromatic rings. The van der Waals surface area contributed by atoms with E-state index in [9.17, 15) is 19.2 Å². The lowest BCUT2D eigenvalue weighted by Crippen LogP contribution is -2.54. The van der Waals surface area contributed by atoms with Gasteiger partial charge in [-0.05, 0) is 95.0 Å². The highest BCUT2D eigenvalue weighted by Gasteiger charge is 2.37. The zero-order valence-corrected chi connectivity index (χ0v) is 27.4. The average molecular weight is 733 g/mol. The van der Waals surface area contributed by atoms with Gasteiger partial charge in [0.2, 0.25) is 0 Å². The number of barbiturate groups is 1. The molecular weight excluding hydrogens is 706 g/mol. The molecule has 0 aliphatic carbocycles. The van der Waals surface area contributed by atoms with Crippen LogP contribution in [0.15, 0.2) is 99.4 Å². The van der Waals surface area contributed by atoms with Gasteiger partial charge in [0, 0.05) is 15.7 Å². The second kappa shape index (κ2) is 13.9. The molecule has 228 valence electrons. The van der Waals surface area contributed by atoms with Crippen molar-refractivity contribution in [1.82, 2.24) is 5.32 Å². The number of carbonyl (C=O) groups excluding carboxylic acids is 4. The van der Waals surface area contributed by atoms with Crippen molar-refractivity contribution in [2.45, 2.75) is 20.5 Å². The number of ether oxygens (including phenoxy) is 2. The molecule has 0 spiro atoms. The summed E-state index contributed by atoms with van der Waals surface area (Å²) in [5, 5.41) is 5.07. The number of imide groups is 2. The number of benzene rings is 4. The summed E-state index contributed by atoms with van der Waals surface area (Å²) < 4.78 is 12.8. The van der Waals surface area contributed by atoms with Gasteiger partial charge >= 0.3 is 6.03 Å². The van der Waals surface area contributed by atoms with Crippen molar-refractivity contribution in [1.29, 1.82) is 0 Å². The second-order valence-corrected chi connectivity index (χ2v) is 11.9. The number of aryl methyl sites for hydroxylation is 1. The lowest BCUT2D eigenvalue weighted by Gasteiger charge is -2.26. The van der Waals surface area contributed by atoms with Crippen molar-refractivity contribution < 1.29 is 28.7 Å². The van der Waals surface area contributed by atoms with Crippen molar-refractivity contribution >= 4 is 73.1 Å². The van der Waals surface area contributed by atoms with Crippen LogP contribution < -0.4 is 25.0 Å². The van der Waals surface area contributed by atoms with E-state index in [2.05, 4.69) is 42.5 Å². The first-order valence-corrected chi connectivity index (χ1v) is 15.4. The molecule has 9 nitrogen and oxygen atoms in total. The van der Waals surface area contributed by atoms with Crippen LogP contribution in [0.5, 0.6) is 11.5 Å². The topological polar surface area (TPSA) is 114 Å².